The highest BCUT2D eigenvalue weighted by Gasteiger charge is 2.19. The highest BCUT2D eigenvalue weighted by atomic mass is 35.5. The second kappa shape index (κ2) is 5.15. The van der Waals surface area contributed by atoms with Crippen LogP contribution in [0.1, 0.15) is 0 Å². The molecule has 0 unspecified atom stereocenters. The van der Waals surface area contributed by atoms with E-state index in [9.17, 15) is 0 Å². The van der Waals surface area contributed by atoms with E-state index in [-0.39, 0.29) is 5.82 Å². The summed E-state index contributed by atoms with van der Waals surface area (Å²) < 4.78 is 5.31. The van der Waals surface area contributed by atoms with E-state index in [1.165, 1.54) is 0 Å². The lowest BCUT2D eigenvalue weighted by molar-refractivity contribution is 0.436. The van der Waals surface area contributed by atoms with Crippen LogP contribution in [0.15, 0.2) is 47.1 Å². The fourth-order valence-electron chi connectivity index (χ4n) is 1.90. The van der Waals surface area contributed by atoms with Crippen LogP contribution in [0.4, 0.5) is 5.82 Å². The smallest absolute Gasteiger partial charge is 0.178 e. The van der Waals surface area contributed by atoms with Gasteiger partial charge in [-0.15, -0.1) is 0 Å². The minimum absolute atomic E-state index is 0.282. The number of pyridine rings is 1. The molecule has 2 aromatic heterocycles. The Morgan fingerprint density at radius 2 is 1.90 bits per heavy atom. The van der Waals surface area contributed by atoms with E-state index < -0.39 is 0 Å². The highest BCUT2D eigenvalue weighted by molar-refractivity contribution is 6.42. The van der Waals surface area contributed by atoms with Gasteiger partial charge < -0.3 is 10.3 Å². The molecule has 6 heteroatoms. The quantitative estimate of drug-likeness (QED) is 0.767. The Balaban J connectivity index is 2.18. The number of hydrogen-bond donors (Lipinski definition) is 1. The maximum atomic E-state index is 6.03. The molecule has 20 heavy (non-hydrogen) atoms. The Hall–Kier alpha value is -2.04. The largest absolute Gasteiger partial charge is 0.380 e. The summed E-state index contributed by atoms with van der Waals surface area (Å²) in [6, 6.07) is 10.7. The van der Waals surface area contributed by atoms with Gasteiger partial charge in [0.15, 0.2) is 11.6 Å². The third kappa shape index (κ3) is 2.24. The van der Waals surface area contributed by atoms with Crippen molar-refractivity contribution in [2.24, 2.45) is 0 Å². The second-order valence-electron chi connectivity index (χ2n) is 4.12. The first-order valence-corrected chi connectivity index (χ1v) is 6.54. The summed E-state index contributed by atoms with van der Waals surface area (Å²) in [5, 5.41) is 4.72. The van der Waals surface area contributed by atoms with E-state index in [1.807, 2.05) is 18.2 Å². The number of nitrogens with two attached hydrogens (primary N) is 1. The molecule has 0 saturated heterocycles. The van der Waals surface area contributed by atoms with E-state index >= 15 is 0 Å². The number of benzene rings is 1. The van der Waals surface area contributed by atoms with E-state index in [0.717, 1.165) is 5.56 Å². The molecule has 0 aliphatic heterocycles. The molecule has 2 heterocycles. The molecule has 0 aliphatic carbocycles. The molecule has 2 N–H and O–H groups in total. The van der Waals surface area contributed by atoms with E-state index in [0.29, 0.717) is 27.1 Å². The molecule has 4 nitrogen and oxygen atoms in total. The van der Waals surface area contributed by atoms with Crippen LogP contribution in [0, 0.1) is 0 Å². The van der Waals surface area contributed by atoms with Crippen molar-refractivity contribution in [1.29, 1.82) is 0 Å². The van der Waals surface area contributed by atoms with E-state index in [1.54, 1.807) is 24.4 Å². The number of aromatic nitrogens is 2. The van der Waals surface area contributed by atoms with Gasteiger partial charge in [0, 0.05) is 11.8 Å². The van der Waals surface area contributed by atoms with Crippen molar-refractivity contribution >= 4 is 29.0 Å². The number of halogens is 2. The monoisotopic (exact) mass is 305 g/mol. The van der Waals surface area contributed by atoms with Crippen molar-refractivity contribution in [3.05, 3.63) is 52.6 Å². The second-order valence-corrected chi connectivity index (χ2v) is 4.93. The van der Waals surface area contributed by atoms with Crippen LogP contribution in [-0.4, -0.2) is 10.1 Å². The number of hydrogen-bond acceptors (Lipinski definition) is 4. The molecular weight excluding hydrogens is 297 g/mol. The van der Waals surface area contributed by atoms with Crippen LogP contribution in [0.2, 0.25) is 10.0 Å². The standard InChI is InChI=1S/C14H9Cl2N3O/c15-9-5-4-8(7-10(9)16)13-12(14(17)19-20-13)11-3-1-2-6-18-11/h1-7H,(H2,17,19). The Morgan fingerprint density at radius 3 is 2.60 bits per heavy atom. The zero-order valence-corrected chi connectivity index (χ0v) is 11.7. The van der Waals surface area contributed by atoms with Crippen LogP contribution < -0.4 is 5.73 Å². The van der Waals surface area contributed by atoms with Gasteiger partial charge in [0.1, 0.15) is 0 Å². The molecule has 0 atom stereocenters. The van der Waals surface area contributed by atoms with Gasteiger partial charge in [-0.2, -0.15) is 0 Å². The number of nitrogen functional groups attached to an aromatic ring is 1. The maximum Gasteiger partial charge on any atom is 0.178 e. The van der Waals surface area contributed by atoms with Crippen LogP contribution >= 0.6 is 23.2 Å². The molecule has 0 aliphatic rings. The normalized spacial score (nSPS) is 10.7. The molecule has 0 saturated carbocycles. The van der Waals surface area contributed by atoms with Gasteiger partial charge in [-0.3, -0.25) is 4.98 Å². The van der Waals surface area contributed by atoms with E-state index in [2.05, 4.69) is 10.1 Å². The molecule has 0 amide bonds. The summed E-state index contributed by atoms with van der Waals surface area (Å²) in [6.45, 7) is 0. The van der Waals surface area contributed by atoms with Gasteiger partial charge in [-0.1, -0.05) is 34.4 Å². The van der Waals surface area contributed by atoms with Gasteiger partial charge in [-0.25, -0.2) is 0 Å². The van der Waals surface area contributed by atoms with Crippen LogP contribution in [0.5, 0.6) is 0 Å². The van der Waals surface area contributed by atoms with Gasteiger partial charge in [0.05, 0.1) is 21.3 Å². The van der Waals surface area contributed by atoms with E-state index in [4.69, 9.17) is 33.5 Å². The lowest BCUT2D eigenvalue weighted by Crippen LogP contribution is -1.90. The molecule has 0 radical (unpaired) electrons. The topological polar surface area (TPSA) is 64.9 Å². The van der Waals surface area contributed by atoms with Crippen molar-refractivity contribution < 1.29 is 4.52 Å². The summed E-state index contributed by atoms with van der Waals surface area (Å²) in [5.41, 5.74) is 7.94. The third-order valence-corrected chi connectivity index (χ3v) is 3.56. The lowest BCUT2D eigenvalue weighted by Gasteiger charge is -2.03. The zero-order valence-electron chi connectivity index (χ0n) is 10.2. The molecule has 0 spiro atoms. The van der Waals surface area contributed by atoms with Gasteiger partial charge in [0.25, 0.3) is 0 Å². The summed E-state index contributed by atoms with van der Waals surface area (Å²) in [7, 11) is 0. The first-order chi connectivity index (χ1) is 9.66. The predicted molar refractivity (Wildman–Crippen MR) is 79.6 cm³/mol. The summed E-state index contributed by atoms with van der Waals surface area (Å²) in [4.78, 5) is 4.27. The number of anilines is 1. The average molecular weight is 306 g/mol. The SMILES string of the molecule is Nc1noc(-c2ccc(Cl)c(Cl)c2)c1-c1ccccn1. The highest BCUT2D eigenvalue weighted by Crippen LogP contribution is 2.37. The van der Waals surface area contributed by atoms with Crippen molar-refractivity contribution in [3.63, 3.8) is 0 Å². The third-order valence-electron chi connectivity index (χ3n) is 2.82. The lowest BCUT2D eigenvalue weighted by atomic mass is 10.1. The Labute approximate surface area is 125 Å². The van der Waals surface area contributed by atoms with Crippen molar-refractivity contribution in [1.82, 2.24) is 10.1 Å². The number of rotatable bonds is 2. The fourth-order valence-corrected chi connectivity index (χ4v) is 2.19. The van der Waals surface area contributed by atoms with Gasteiger partial charge >= 0.3 is 0 Å². The van der Waals surface area contributed by atoms with Crippen molar-refractivity contribution in [3.8, 4) is 22.6 Å². The van der Waals surface area contributed by atoms with Crippen molar-refractivity contribution in [2.45, 2.75) is 0 Å². The molecule has 1 aromatic carbocycles. The molecule has 3 rings (SSSR count). The molecule has 100 valence electrons. The molecule has 3 aromatic rings. The summed E-state index contributed by atoms with van der Waals surface area (Å²) in [6.07, 6.45) is 1.68. The molecule has 0 bridgehead atoms. The minimum atomic E-state index is 0.282. The van der Waals surface area contributed by atoms with Crippen LogP contribution in [0.3, 0.4) is 0 Å². The van der Waals surface area contributed by atoms with Gasteiger partial charge in [-0.05, 0) is 30.3 Å². The van der Waals surface area contributed by atoms with Crippen LogP contribution in [-0.2, 0) is 0 Å². The first-order valence-electron chi connectivity index (χ1n) is 5.79. The maximum absolute atomic E-state index is 6.03. The minimum Gasteiger partial charge on any atom is -0.380 e. The zero-order chi connectivity index (χ0) is 14.1. The summed E-state index contributed by atoms with van der Waals surface area (Å²) >= 11 is 11.9. The molecule has 0 fully saturated rings. The first kappa shape index (κ1) is 13.0. The summed E-state index contributed by atoms with van der Waals surface area (Å²) in [5.74, 6) is 0.796. The molecular formula is C14H9Cl2N3O. The fraction of sp³-hybridized carbons (Fsp3) is 0. The Bertz CT molecular complexity index is 756. The van der Waals surface area contributed by atoms with Crippen molar-refractivity contribution in [2.75, 3.05) is 5.73 Å². The predicted octanol–water partition coefficient (Wildman–Crippen LogP) is 4.29. The van der Waals surface area contributed by atoms with Gasteiger partial charge in [0.2, 0.25) is 0 Å². The number of nitrogens with zero attached hydrogens (tertiary/aromatic N) is 2. The Kier molecular flexibility index (Phi) is 3.34. The Morgan fingerprint density at radius 1 is 1.05 bits per heavy atom. The average Bonchev–Trinajstić information content (AvgIpc) is 2.85. The van der Waals surface area contributed by atoms with Crippen LogP contribution in [0.25, 0.3) is 22.6 Å².